The van der Waals surface area contributed by atoms with Crippen molar-refractivity contribution in [2.24, 2.45) is 5.41 Å². The zero-order chi connectivity index (χ0) is 16.1. The highest BCUT2D eigenvalue weighted by molar-refractivity contribution is 5.75. The first-order valence-corrected chi connectivity index (χ1v) is 6.91. The molecule has 2 heterocycles. The van der Waals surface area contributed by atoms with Crippen LogP contribution < -0.4 is 0 Å². The smallest absolute Gasteiger partial charge is 0.311 e. The van der Waals surface area contributed by atoms with Gasteiger partial charge in [0, 0.05) is 7.11 Å². The van der Waals surface area contributed by atoms with Gasteiger partial charge in [0.05, 0.1) is 5.41 Å². The van der Waals surface area contributed by atoms with Crippen LogP contribution >= 0.6 is 0 Å². The maximum atomic E-state index is 15.0. The fourth-order valence-electron chi connectivity index (χ4n) is 2.33. The molecule has 2 saturated heterocycles. The van der Waals surface area contributed by atoms with Gasteiger partial charge in [-0.05, 0) is 34.6 Å². The number of fused-ring (bicyclic) bond motifs is 1. The van der Waals surface area contributed by atoms with Gasteiger partial charge >= 0.3 is 5.97 Å². The van der Waals surface area contributed by atoms with Gasteiger partial charge in [0.1, 0.15) is 6.10 Å². The third-order valence-electron chi connectivity index (χ3n) is 3.38. The minimum Gasteiger partial charge on any atom is -0.459 e. The molecule has 6 nitrogen and oxygen atoms in total. The van der Waals surface area contributed by atoms with Gasteiger partial charge in [0.2, 0.25) is 0 Å². The number of methoxy groups -OCH3 is 1. The van der Waals surface area contributed by atoms with Gasteiger partial charge in [0.25, 0.3) is 5.85 Å². The molecule has 21 heavy (non-hydrogen) atoms. The summed E-state index contributed by atoms with van der Waals surface area (Å²) in [6.45, 7) is 7.86. The summed E-state index contributed by atoms with van der Waals surface area (Å²) in [4.78, 5) is 11.8. The summed E-state index contributed by atoms with van der Waals surface area (Å²) in [6, 6.07) is 0. The topological polar surface area (TPSA) is 63.2 Å². The normalized spacial score (nSPS) is 38.3. The van der Waals surface area contributed by atoms with Crippen LogP contribution in [0.25, 0.3) is 0 Å². The van der Waals surface area contributed by atoms with Crippen LogP contribution in [0, 0.1) is 5.41 Å². The lowest BCUT2D eigenvalue weighted by Gasteiger charge is -2.28. The van der Waals surface area contributed by atoms with Crippen molar-refractivity contribution in [1.82, 2.24) is 0 Å². The molecule has 0 bridgehead atoms. The van der Waals surface area contributed by atoms with E-state index >= 15 is 4.39 Å². The van der Waals surface area contributed by atoms with Crippen molar-refractivity contribution < 1.29 is 32.9 Å². The molecule has 0 spiro atoms. The third kappa shape index (κ3) is 3.21. The van der Waals surface area contributed by atoms with Crippen molar-refractivity contribution >= 4 is 5.97 Å². The number of alkyl halides is 1. The highest BCUT2D eigenvalue weighted by atomic mass is 19.2. The van der Waals surface area contributed by atoms with Crippen LogP contribution in [0.1, 0.15) is 34.6 Å². The molecule has 0 aromatic rings. The molecule has 0 aliphatic carbocycles. The number of ether oxygens (including phenoxy) is 5. The monoisotopic (exact) mass is 306 g/mol. The average molecular weight is 306 g/mol. The zero-order valence-corrected chi connectivity index (χ0v) is 13.3. The molecule has 0 saturated carbocycles. The van der Waals surface area contributed by atoms with Crippen molar-refractivity contribution in [3.05, 3.63) is 0 Å². The SMILES string of the molecule is CO[C@@H]1O[C@@](F)(COC(=O)C(C)(C)C)[C@H]2OC(C)(C)O[C@@H]12. The Bertz CT molecular complexity index is 418. The molecule has 4 atom stereocenters. The first kappa shape index (κ1) is 16.6. The maximum absolute atomic E-state index is 15.0. The molecular formula is C14H23FO6. The summed E-state index contributed by atoms with van der Waals surface area (Å²) in [7, 11) is 1.39. The highest BCUT2D eigenvalue weighted by Gasteiger charge is 2.65. The first-order chi connectivity index (χ1) is 9.48. The van der Waals surface area contributed by atoms with Gasteiger partial charge < -0.3 is 23.7 Å². The summed E-state index contributed by atoms with van der Waals surface area (Å²) in [6.07, 6.45) is -2.62. The Kier molecular flexibility index (Phi) is 4.08. The Labute approximate surface area is 123 Å². The minimum absolute atomic E-state index is 0.515. The third-order valence-corrected chi connectivity index (χ3v) is 3.38. The summed E-state index contributed by atoms with van der Waals surface area (Å²) in [5.74, 6) is -3.75. The lowest BCUT2D eigenvalue weighted by molar-refractivity contribution is -0.291. The number of carbonyl (C=O) groups is 1. The Morgan fingerprint density at radius 3 is 2.38 bits per heavy atom. The van der Waals surface area contributed by atoms with Gasteiger partial charge in [-0.15, -0.1) is 0 Å². The molecule has 0 unspecified atom stereocenters. The van der Waals surface area contributed by atoms with Crippen molar-refractivity contribution in [2.75, 3.05) is 13.7 Å². The van der Waals surface area contributed by atoms with Crippen LogP contribution in [0.4, 0.5) is 4.39 Å². The molecule has 2 rings (SSSR count). The van der Waals surface area contributed by atoms with E-state index in [1.807, 2.05) is 0 Å². The predicted octanol–water partition coefficient (Wildman–Crippen LogP) is 1.76. The van der Waals surface area contributed by atoms with E-state index in [0.717, 1.165) is 0 Å². The second-order valence-electron chi connectivity index (χ2n) is 6.86. The van der Waals surface area contributed by atoms with E-state index in [4.69, 9.17) is 23.7 Å². The Morgan fingerprint density at radius 1 is 1.24 bits per heavy atom. The summed E-state index contributed by atoms with van der Waals surface area (Å²) in [5.41, 5.74) is -0.721. The first-order valence-electron chi connectivity index (χ1n) is 6.91. The zero-order valence-electron chi connectivity index (χ0n) is 13.3. The van der Waals surface area contributed by atoms with Crippen molar-refractivity contribution in [1.29, 1.82) is 0 Å². The van der Waals surface area contributed by atoms with Crippen LogP contribution in [0.2, 0.25) is 0 Å². The van der Waals surface area contributed by atoms with Crippen LogP contribution in [-0.4, -0.2) is 49.8 Å². The lowest BCUT2D eigenvalue weighted by atomic mass is 9.97. The van der Waals surface area contributed by atoms with E-state index in [0.29, 0.717) is 0 Å². The molecule has 2 aliphatic rings. The van der Waals surface area contributed by atoms with Crippen LogP contribution in [-0.2, 0) is 28.5 Å². The van der Waals surface area contributed by atoms with Crippen molar-refractivity contribution in [3.8, 4) is 0 Å². The molecule has 2 aliphatic heterocycles. The van der Waals surface area contributed by atoms with E-state index in [-0.39, 0.29) is 0 Å². The van der Waals surface area contributed by atoms with Gasteiger partial charge in [-0.1, -0.05) is 0 Å². The second-order valence-corrected chi connectivity index (χ2v) is 6.86. The molecule has 0 amide bonds. The number of halogens is 1. The van der Waals surface area contributed by atoms with Gasteiger partial charge in [0.15, 0.2) is 24.8 Å². The molecule has 122 valence electrons. The van der Waals surface area contributed by atoms with E-state index < -0.39 is 48.1 Å². The van der Waals surface area contributed by atoms with Crippen LogP contribution in [0.5, 0.6) is 0 Å². The Balaban J connectivity index is 2.09. The molecule has 0 aromatic heterocycles. The van der Waals surface area contributed by atoms with Gasteiger partial charge in [-0.2, -0.15) is 0 Å². The summed E-state index contributed by atoms with van der Waals surface area (Å²) < 4.78 is 41.5. The van der Waals surface area contributed by atoms with E-state index in [2.05, 4.69) is 0 Å². The number of carbonyl (C=O) groups excluding carboxylic acids is 1. The highest BCUT2D eigenvalue weighted by Crippen LogP contribution is 2.45. The predicted molar refractivity (Wildman–Crippen MR) is 70.0 cm³/mol. The van der Waals surface area contributed by atoms with E-state index in [1.54, 1.807) is 34.6 Å². The number of esters is 1. The molecular weight excluding hydrogens is 283 g/mol. The molecule has 2 fully saturated rings. The Hall–Kier alpha value is -0.760. The fraction of sp³-hybridized carbons (Fsp3) is 0.929. The van der Waals surface area contributed by atoms with Crippen LogP contribution in [0.3, 0.4) is 0 Å². The van der Waals surface area contributed by atoms with E-state index in [1.165, 1.54) is 7.11 Å². The standard InChI is InChI=1S/C14H23FO6/c1-12(2,3)11(16)18-7-14(15)9-8(10(17-6)21-14)19-13(4,5)20-9/h8-10H,7H2,1-6H3/t8-,9+,10-,14+/m1/s1. The number of hydrogen-bond acceptors (Lipinski definition) is 6. The largest absolute Gasteiger partial charge is 0.459 e. The second kappa shape index (κ2) is 5.15. The quantitative estimate of drug-likeness (QED) is 0.740. The van der Waals surface area contributed by atoms with Gasteiger partial charge in [-0.25, -0.2) is 4.39 Å². The Morgan fingerprint density at radius 2 is 1.86 bits per heavy atom. The number of rotatable bonds is 3. The fourth-order valence-corrected chi connectivity index (χ4v) is 2.33. The minimum atomic E-state index is -2.29. The van der Waals surface area contributed by atoms with Crippen LogP contribution in [0.15, 0.2) is 0 Å². The van der Waals surface area contributed by atoms with Gasteiger partial charge in [-0.3, -0.25) is 4.79 Å². The number of hydrogen-bond donors (Lipinski definition) is 0. The van der Waals surface area contributed by atoms with E-state index in [9.17, 15) is 4.79 Å². The maximum Gasteiger partial charge on any atom is 0.311 e. The molecule has 0 radical (unpaired) electrons. The molecule has 0 aromatic carbocycles. The molecule has 7 heteroatoms. The van der Waals surface area contributed by atoms with Crippen molar-refractivity contribution in [2.45, 2.75) is 64.8 Å². The lowest BCUT2D eigenvalue weighted by Crippen LogP contribution is -2.44. The average Bonchev–Trinajstić information content (AvgIpc) is 2.79. The van der Waals surface area contributed by atoms with Crippen molar-refractivity contribution in [3.63, 3.8) is 0 Å². The summed E-state index contributed by atoms with van der Waals surface area (Å²) in [5, 5.41) is 0. The summed E-state index contributed by atoms with van der Waals surface area (Å²) >= 11 is 0. The molecule has 0 N–H and O–H groups in total.